The van der Waals surface area contributed by atoms with Crippen LogP contribution in [0.5, 0.6) is 5.75 Å². The molecule has 0 aliphatic heterocycles. The van der Waals surface area contributed by atoms with Gasteiger partial charge in [-0.15, -0.1) is 0 Å². The van der Waals surface area contributed by atoms with Gasteiger partial charge in [0.1, 0.15) is 17.4 Å². The number of rotatable bonds is 4. The molecule has 0 amide bonds. The van der Waals surface area contributed by atoms with Crippen molar-refractivity contribution in [1.29, 1.82) is 0 Å². The summed E-state index contributed by atoms with van der Waals surface area (Å²) in [5.41, 5.74) is 6.29. The second-order valence-electron chi connectivity index (χ2n) is 6.57. The van der Waals surface area contributed by atoms with Crippen molar-refractivity contribution in [1.82, 2.24) is 9.97 Å². The first-order chi connectivity index (χ1) is 13.1. The van der Waals surface area contributed by atoms with Crippen LogP contribution in [0.15, 0.2) is 24.3 Å². The first-order valence-corrected chi connectivity index (χ1v) is 8.58. The number of nitrogens with two attached hydrogens (primary N) is 1. The maximum absolute atomic E-state index is 13.3. The lowest BCUT2D eigenvalue weighted by molar-refractivity contribution is -0.138. The van der Waals surface area contributed by atoms with Crippen LogP contribution in [0.3, 0.4) is 0 Å². The third kappa shape index (κ3) is 3.81. The highest BCUT2D eigenvalue weighted by molar-refractivity contribution is 5.90. The van der Waals surface area contributed by atoms with Crippen LogP contribution in [0.4, 0.5) is 24.7 Å². The lowest BCUT2D eigenvalue weighted by Crippen LogP contribution is -2.15. The highest BCUT2D eigenvalue weighted by atomic mass is 19.4. The van der Waals surface area contributed by atoms with E-state index in [4.69, 9.17) is 10.5 Å². The molecule has 0 saturated carbocycles. The predicted molar refractivity (Wildman–Crippen MR) is 102 cm³/mol. The van der Waals surface area contributed by atoms with E-state index in [1.165, 1.54) is 14.0 Å². The number of nitrogens with zero attached hydrogens (tertiary/aromatic N) is 2. The van der Waals surface area contributed by atoms with E-state index in [9.17, 15) is 13.2 Å². The summed E-state index contributed by atoms with van der Waals surface area (Å²) in [5.74, 6) is 1.54. The van der Waals surface area contributed by atoms with E-state index >= 15 is 0 Å². The zero-order chi connectivity index (χ0) is 20.6. The fourth-order valence-corrected chi connectivity index (χ4v) is 3.18. The Morgan fingerprint density at radius 3 is 2.54 bits per heavy atom. The summed E-state index contributed by atoms with van der Waals surface area (Å²) in [7, 11) is 1.53. The molecule has 0 fully saturated rings. The second kappa shape index (κ2) is 7.18. The number of anilines is 2. The number of nitrogens with one attached hydrogen (secondary N) is 1. The van der Waals surface area contributed by atoms with Gasteiger partial charge >= 0.3 is 6.18 Å². The van der Waals surface area contributed by atoms with Crippen molar-refractivity contribution in [3.05, 3.63) is 52.8 Å². The molecule has 1 radical (unpaired) electrons. The Morgan fingerprint density at radius 1 is 1.18 bits per heavy atom. The Balaban J connectivity index is 2.07. The lowest BCUT2D eigenvalue weighted by Gasteiger charge is -2.22. The molecule has 0 bridgehead atoms. The molecule has 3 aromatic rings. The number of nitrogen functional groups attached to an aromatic ring is 1. The minimum atomic E-state index is -4.48. The Bertz CT molecular complexity index is 1030. The van der Waals surface area contributed by atoms with Crippen LogP contribution in [0, 0.1) is 19.9 Å². The number of aromatic nitrogens is 2. The van der Waals surface area contributed by atoms with Gasteiger partial charge in [0.25, 0.3) is 0 Å². The Kier molecular flexibility index (Phi) is 5.06. The number of hydrogen-bond acceptors (Lipinski definition) is 5. The number of hydrogen-bond donors (Lipinski definition) is 2. The van der Waals surface area contributed by atoms with Crippen molar-refractivity contribution in [3.8, 4) is 5.75 Å². The fraction of sp³-hybridized carbons (Fsp3) is 0.300. The molecule has 147 valence electrons. The van der Waals surface area contributed by atoms with Gasteiger partial charge in [-0.1, -0.05) is 0 Å². The summed E-state index contributed by atoms with van der Waals surface area (Å²) in [4.78, 5) is 8.78. The molecular formula is C20H20F3N4O. The summed E-state index contributed by atoms with van der Waals surface area (Å²) < 4.78 is 45.2. The third-order valence-electron chi connectivity index (χ3n) is 4.53. The quantitative estimate of drug-likeness (QED) is 0.626. The number of benzene rings is 2. The Morgan fingerprint density at radius 2 is 1.89 bits per heavy atom. The van der Waals surface area contributed by atoms with Crippen molar-refractivity contribution in [2.24, 2.45) is 0 Å². The lowest BCUT2D eigenvalue weighted by atomic mass is 9.96. The van der Waals surface area contributed by atoms with E-state index in [1.54, 1.807) is 32.0 Å². The molecule has 3 N–H and O–H groups in total. The molecule has 0 spiro atoms. The van der Waals surface area contributed by atoms with Crippen molar-refractivity contribution in [2.45, 2.75) is 33.0 Å². The fourth-order valence-electron chi connectivity index (χ4n) is 3.18. The molecule has 1 heterocycles. The topological polar surface area (TPSA) is 73.1 Å². The Labute approximate surface area is 160 Å². The monoisotopic (exact) mass is 389 g/mol. The molecule has 1 atom stereocenters. The maximum Gasteiger partial charge on any atom is 0.416 e. The smallest absolute Gasteiger partial charge is 0.416 e. The standard InChI is InChI=1S/C20H20F3N4O/c1-10-15(7-13(24)8-17(10)20(21,22)23)11(2)25-19-16-9-14(28-4)5-6-18(16)26-12(3)27-19/h6-9,11H,24H2,1-4H3,(H,25,26,27)/t11-/m1/s1. The van der Waals surface area contributed by atoms with Gasteiger partial charge in [0, 0.05) is 17.1 Å². The van der Waals surface area contributed by atoms with E-state index in [1.807, 2.05) is 0 Å². The normalized spacial score (nSPS) is 12.8. The molecule has 3 rings (SSSR count). The van der Waals surface area contributed by atoms with Crippen LogP contribution >= 0.6 is 0 Å². The van der Waals surface area contributed by atoms with Gasteiger partial charge in [0.2, 0.25) is 0 Å². The van der Waals surface area contributed by atoms with E-state index in [0.29, 0.717) is 33.9 Å². The SMILES string of the molecule is COc1[c]cc2nc(C)nc(N[C@H](C)c3cc(N)cc(C(F)(F)F)c3C)c2c1. The highest BCUT2D eigenvalue weighted by Crippen LogP contribution is 2.37. The van der Waals surface area contributed by atoms with Gasteiger partial charge in [-0.3, -0.25) is 0 Å². The zero-order valence-corrected chi connectivity index (χ0v) is 15.9. The van der Waals surface area contributed by atoms with Gasteiger partial charge < -0.3 is 15.8 Å². The average Bonchev–Trinajstić information content (AvgIpc) is 2.61. The molecule has 1 aromatic heterocycles. The van der Waals surface area contributed by atoms with E-state index in [-0.39, 0.29) is 11.3 Å². The molecule has 0 unspecified atom stereocenters. The molecular weight excluding hydrogens is 369 g/mol. The second-order valence-corrected chi connectivity index (χ2v) is 6.57. The van der Waals surface area contributed by atoms with Gasteiger partial charge in [-0.25, -0.2) is 9.97 Å². The maximum atomic E-state index is 13.3. The first-order valence-electron chi connectivity index (χ1n) is 8.58. The highest BCUT2D eigenvalue weighted by Gasteiger charge is 2.34. The van der Waals surface area contributed by atoms with Crippen LogP contribution < -0.4 is 15.8 Å². The molecule has 0 aliphatic rings. The first kappa shape index (κ1) is 19.7. The summed E-state index contributed by atoms with van der Waals surface area (Å²) >= 11 is 0. The van der Waals surface area contributed by atoms with Crippen LogP contribution in [0.1, 0.15) is 35.5 Å². The largest absolute Gasteiger partial charge is 0.496 e. The van der Waals surface area contributed by atoms with Crippen LogP contribution in [-0.4, -0.2) is 17.1 Å². The minimum absolute atomic E-state index is 0.0570. The number of methoxy groups -OCH3 is 1. The predicted octanol–water partition coefficient (Wildman–Crippen LogP) is 4.83. The molecule has 8 heteroatoms. The van der Waals surface area contributed by atoms with Crippen molar-refractivity contribution in [3.63, 3.8) is 0 Å². The number of halogens is 3. The summed E-state index contributed by atoms with van der Waals surface area (Å²) in [6, 6.07) is 8.41. The number of ether oxygens (including phenoxy) is 1. The van der Waals surface area contributed by atoms with Gasteiger partial charge in [-0.2, -0.15) is 13.2 Å². The van der Waals surface area contributed by atoms with E-state index in [0.717, 1.165) is 6.07 Å². The van der Waals surface area contributed by atoms with Crippen molar-refractivity contribution < 1.29 is 17.9 Å². The molecule has 0 aliphatic carbocycles. The number of fused-ring (bicyclic) bond motifs is 1. The van der Waals surface area contributed by atoms with Crippen LogP contribution in [0.25, 0.3) is 10.9 Å². The van der Waals surface area contributed by atoms with Crippen LogP contribution in [0.2, 0.25) is 0 Å². The van der Waals surface area contributed by atoms with Gasteiger partial charge in [0.05, 0.1) is 24.2 Å². The Hall–Kier alpha value is -3.03. The number of alkyl halides is 3. The van der Waals surface area contributed by atoms with Crippen molar-refractivity contribution >= 4 is 22.4 Å². The zero-order valence-electron chi connectivity index (χ0n) is 15.9. The molecule has 28 heavy (non-hydrogen) atoms. The van der Waals surface area contributed by atoms with Crippen molar-refractivity contribution in [2.75, 3.05) is 18.2 Å². The van der Waals surface area contributed by atoms with Crippen LogP contribution in [-0.2, 0) is 6.18 Å². The average molecular weight is 389 g/mol. The molecule has 2 aromatic carbocycles. The number of aryl methyl sites for hydroxylation is 1. The summed E-state index contributed by atoms with van der Waals surface area (Å²) in [6.07, 6.45) is -4.48. The minimum Gasteiger partial charge on any atom is -0.496 e. The summed E-state index contributed by atoms with van der Waals surface area (Å²) in [5, 5.41) is 3.88. The van der Waals surface area contributed by atoms with Gasteiger partial charge in [0.15, 0.2) is 0 Å². The molecule has 0 saturated heterocycles. The van der Waals surface area contributed by atoms with E-state index < -0.39 is 17.8 Å². The van der Waals surface area contributed by atoms with Gasteiger partial charge in [-0.05, 0) is 56.2 Å². The van der Waals surface area contributed by atoms with E-state index in [2.05, 4.69) is 21.4 Å². The summed E-state index contributed by atoms with van der Waals surface area (Å²) in [6.45, 7) is 4.95. The third-order valence-corrected chi connectivity index (χ3v) is 4.53. The molecule has 5 nitrogen and oxygen atoms in total.